The topological polar surface area (TPSA) is 84.5 Å². The number of carbonyl (C=O) groups excluding carboxylic acids is 1. The minimum absolute atomic E-state index is 0.0902. The molecule has 0 fully saturated rings. The van der Waals surface area contributed by atoms with Crippen LogP contribution < -0.4 is 14.8 Å². The second kappa shape index (κ2) is 10.1. The van der Waals surface area contributed by atoms with Crippen molar-refractivity contribution < 1.29 is 17.9 Å². The Balaban J connectivity index is 1.59. The van der Waals surface area contributed by atoms with E-state index in [2.05, 4.69) is 29.1 Å². The predicted molar refractivity (Wildman–Crippen MR) is 123 cm³/mol. The second-order valence-electron chi connectivity index (χ2n) is 7.05. The van der Waals surface area contributed by atoms with E-state index in [0.717, 1.165) is 12.0 Å². The number of ether oxygens (including phenoxy) is 1. The van der Waals surface area contributed by atoms with Crippen LogP contribution in [0.2, 0.25) is 0 Å². The van der Waals surface area contributed by atoms with Crippen molar-refractivity contribution >= 4 is 27.3 Å². The summed E-state index contributed by atoms with van der Waals surface area (Å²) in [7, 11) is -2.31. The van der Waals surface area contributed by atoms with Crippen molar-refractivity contribution in [1.29, 1.82) is 0 Å². The van der Waals surface area contributed by atoms with Gasteiger partial charge in [0.1, 0.15) is 5.75 Å². The van der Waals surface area contributed by atoms with Crippen molar-refractivity contribution in [3.05, 3.63) is 83.9 Å². The number of nitrogens with one attached hydrogen (secondary N) is 2. The lowest BCUT2D eigenvalue weighted by Crippen LogP contribution is -2.14. The number of sulfonamides is 1. The van der Waals surface area contributed by atoms with Gasteiger partial charge in [-0.2, -0.15) is 0 Å². The summed E-state index contributed by atoms with van der Waals surface area (Å²) in [6.45, 7) is 2.10. The molecule has 0 radical (unpaired) electrons. The largest absolute Gasteiger partial charge is 0.495 e. The molecule has 0 aliphatic rings. The van der Waals surface area contributed by atoms with Crippen molar-refractivity contribution in [2.45, 2.75) is 31.1 Å². The summed E-state index contributed by atoms with van der Waals surface area (Å²) in [5.74, 6) is 0.307. The third-order valence-electron chi connectivity index (χ3n) is 4.87. The molecule has 0 spiro atoms. The van der Waals surface area contributed by atoms with Crippen molar-refractivity contribution in [2.75, 3.05) is 17.1 Å². The molecule has 0 atom stereocenters. The number of anilines is 2. The van der Waals surface area contributed by atoms with Crippen LogP contribution in [0.25, 0.3) is 0 Å². The third kappa shape index (κ3) is 6.08. The van der Waals surface area contributed by atoms with Gasteiger partial charge in [-0.1, -0.05) is 43.3 Å². The van der Waals surface area contributed by atoms with Crippen molar-refractivity contribution in [3.63, 3.8) is 0 Å². The van der Waals surface area contributed by atoms with E-state index in [1.165, 1.54) is 24.8 Å². The van der Waals surface area contributed by atoms with Gasteiger partial charge in [-0.25, -0.2) is 8.42 Å². The van der Waals surface area contributed by atoms with Crippen LogP contribution in [0.5, 0.6) is 5.75 Å². The summed E-state index contributed by atoms with van der Waals surface area (Å²) >= 11 is 0. The predicted octanol–water partition coefficient (Wildman–Crippen LogP) is 4.63. The van der Waals surface area contributed by atoms with Crippen LogP contribution in [-0.2, 0) is 27.7 Å². The molecule has 0 aliphatic heterocycles. The maximum atomic E-state index is 12.7. The first-order valence-electron chi connectivity index (χ1n) is 10.0. The van der Waals surface area contributed by atoms with E-state index in [0.29, 0.717) is 30.0 Å². The Morgan fingerprint density at radius 2 is 1.55 bits per heavy atom. The average Bonchev–Trinajstić information content (AvgIpc) is 2.78. The van der Waals surface area contributed by atoms with Gasteiger partial charge in [0.2, 0.25) is 5.91 Å². The summed E-state index contributed by atoms with van der Waals surface area (Å²) in [6, 6.07) is 21.1. The maximum Gasteiger partial charge on any atom is 0.262 e. The summed E-state index contributed by atoms with van der Waals surface area (Å²) in [6.07, 6.45) is 1.98. The van der Waals surface area contributed by atoms with Crippen LogP contribution in [-0.4, -0.2) is 21.4 Å². The van der Waals surface area contributed by atoms with Gasteiger partial charge in [-0.3, -0.25) is 9.52 Å². The van der Waals surface area contributed by atoms with Crippen molar-refractivity contribution in [2.24, 2.45) is 0 Å². The lowest BCUT2D eigenvalue weighted by molar-refractivity contribution is -0.116. The SMILES string of the molecule is CCc1ccc(CCC(=O)Nc2ccc(S(=O)(=O)Nc3ccccc3OC)cc2)cc1. The summed E-state index contributed by atoms with van der Waals surface area (Å²) in [4.78, 5) is 12.3. The molecule has 162 valence electrons. The van der Waals surface area contributed by atoms with E-state index in [4.69, 9.17) is 4.74 Å². The molecule has 2 N–H and O–H groups in total. The van der Waals surface area contributed by atoms with Gasteiger partial charge in [-0.15, -0.1) is 0 Å². The minimum Gasteiger partial charge on any atom is -0.495 e. The first-order chi connectivity index (χ1) is 14.9. The standard InChI is InChI=1S/C24H26N2O4S/c1-3-18-8-10-19(11-9-18)12-17-24(27)25-20-13-15-21(16-14-20)31(28,29)26-22-6-4-5-7-23(22)30-2/h4-11,13-16,26H,3,12,17H2,1-2H3,(H,25,27). The Morgan fingerprint density at radius 1 is 0.903 bits per heavy atom. The highest BCUT2D eigenvalue weighted by Crippen LogP contribution is 2.26. The molecule has 0 heterocycles. The fraction of sp³-hybridized carbons (Fsp3) is 0.208. The van der Waals surface area contributed by atoms with Crippen molar-refractivity contribution in [1.82, 2.24) is 0 Å². The number of para-hydroxylation sites is 2. The maximum absolute atomic E-state index is 12.7. The van der Waals surface area contributed by atoms with Gasteiger partial charge in [0.15, 0.2) is 0 Å². The van der Waals surface area contributed by atoms with Gasteiger partial charge >= 0.3 is 0 Å². The Bertz CT molecular complexity index is 1130. The molecule has 3 rings (SSSR count). The van der Waals surface area contributed by atoms with Gasteiger partial charge in [0, 0.05) is 12.1 Å². The monoisotopic (exact) mass is 438 g/mol. The molecule has 3 aromatic carbocycles. The van der Waals surface area contributed by atoms with Gasteiger partial charge in [0.05, 0.1) is 17.7 Å². The third-order valence-corrected chi connectivity index (χ3v) is 6.25. The zero-order chi connectivity index (χ0) is 22.3. The quantitative estimate of drug-likeness (QED) is 0.510. The van der Waals surface area contributed by atoms with Crippen LogP contribution in [0.1, 0.15) is 24.5 Å². The molecule has 0 unspecified atom stereocenters. The van der Waals surface area contributed by atoms with Crippen LogP contribution >= 0.6 is 0 Å². The second-order valence-corrected chi connectivity index (χ2v) is 8.73. The fourth-order valence-corrected chi connectivity index (χ4v) is 4.14. The number of carbonyl (C=O) groups is 1. The van der Waals surface area contributed by atoms with Crippen LogP contribution in [0, 0.1) is 0 Å². The lowest BCUT2D eigenvalue weighted by atomic mass is 10.1. The summed E-state index contributed by atoms with van der Waals surface area (Å²) in [5.41, 5.74) is 3.27. The molecular weight excluding hydrogens is 412 g/mol. The van der Waals surface area contributed by atoms with E-state index >= 15 is 0 Å². The van der Waals surface area contributed by atoms with Crippen LogP contribution in [0.3, 0.4) is 0 Å². The molecule has 7 heteroatoms. The first-order valence-corrected chi connectivity index (χ1v) is 11.5. The normalized spacial score (nSPS) is 11.0. The molecule has 6 nitrogen and oxygen atoms in total. The number of benzene rings is 3. The first kappa shape index (κ1) is 22.4. The van der Waals surface area contributed by atoms with Gasteiger partial charge in [0.25, 0.3) is 10.0 Å². The molecule has 0 aliphatic carbocycles. The molecule has 0 saturated carbocycles. The number of hydrogen-bond acceptors (Lipinski definition) is 4. The molecule has 31 heavy (non-hydrogen) atoms. The fourth-order valence-electron chi connectivity index (χ4n) is 3.07. The highest BCUT2D eigenvalue weighted by Gasteiger charge is 2.16. The Hall–Kier alpha value is -3.32. The number of rotatable bonds is 9. The number of amides is 1. The molecular formula is C24H26N2O4S. The molecule has 0 saturated heterocycles. The number of hydrogen-bond donors (Lipinski definition) is 2. The highest BCUT2D eigenvalue weighted by molar-refractivity contribution is 7.92. The molecule has 3 aromatic rings. The van der Waals surface area contributed by atoms with Crippen LogP contribution in [0.4, 0.5) is 11.4 Å². The van der Waals surface area contributed by atoms with Crippen LogP contribution in [0.15, 0.2) is 77.7 Å². The lowest BCUT2D eigenvalue weighted by Gasteiger charge is -2.12. The average molecular weight is 439 g/mol. The number of aryl methyl sites for hydroxylation is 2. The number of methoxy groups -OCH3 is 1. The van der Waals surface area contributed by atoms with Gasteiger partial charge in [-0.05, 0) is 60.4 Å². The van der Waals surface area contributed by atoms with E-state index in [9.17, 15) is 13.2 Å². The Morgan fingerprint density at radius 3 is 2.19 bits per heavy atom. The molecule has 0 bridgehead atoms. The van der Waals surface area contributed by atoms with Crippen molar-refractivity contribution in [3.8, 4) is 5.75 Å². The highest BCUT2D eigenvalue weighted by atomic mass is 32.2. The van der Waals surface area contributed by atoms with E-state index in [1.54, 1.807) is 36.4 Å². The van der Waals surface area contributed by atoms with E-state index < -0.39 is 10.0 Å². The Labute approximate surface area is 183 Å². The zero-order valence-electron chi connectivity index (χ0n) is 17.6. The smallest absolute Gasteiger partial charge is 0.262 e. The minimum atomic E-state index is -3.79. The Kier molecular flexibility index (Phi) is 7.31. The summed E-state index contributed by atoms with van der Waals surface area (Å²) in [5, 5.41) is 2.81. The van der Waals surface area contributed by atoms with E-state index in [1.807, 2.05) is 12.1 Å². The zero-order valence-corrected chi connectivity index (χ0v) is 18.4. The summed E-state index contributed by atoms with van der Waals surface area (Å²) < 4.78 is 33.0. The molecule has 0 aromatic heterocycles. The van der Waals surface area contributed by atoms with E-state index in [-0.39, 0.29) is 10.8 Å². The molecule has 1 amide bonds. The van der Waals surface area contributed by atoms with Gasteiger partial charge < -0.3 is 10.1 Å².